The van der Waals surface area contributed by atoms with Gasteiger partial charge >= 0.3 is 12.1 Å². The van der Waals surface area contributed by atoms with Crippen LogP contribution < -0.4 is 5.32 Å². The van der Waals surface area contributed by atoms with E-state index in [0.717, 1.165) is 19.3 Å². The number of hydrogen-bond donors (Lipinski definition) is 1. The minimum absolute atomic E-state index is 0.220. The molecule has 0 spiro atoms. The smallest absolute Gasteiger partial charge is 0.408 e. The van der Waals surface area contributed by atoms with Gasteiger partial charge in [0.25, 0.3) is 0 Å². The summed E-state index contributed by atoms with van der Waals surface area (Å²) in [6.45, 7) is 13.2. The van der Waals surface area contributed by atoms with Crippen molar-refractivity contribution < 1.29 is 23.8 Å². The lowest BCUT2D eigenvalue weighted by Gasteiger charge is -2.23. The van der Waals surface area contributed by atoms with Crippen LogP contribution in [0, 0.1) is 7.53 Å². The van der Waals surface area contributed by atoms with Gasteiger partial charge in [0.05, 0.1) is 12.8 Å². The molecule has 8 nitrogen and oxygen atoms in total. The number of halogens is 2. The van der Waals surface area contributed by atoms with E-state index in [1.807, 2.05) is 4.57 Å². The molecule has 0 fully saturated rings. The zero-order valence-electron chi connectivity index (χ0n) is 18.1. The van der Waals surface area contributed by atoms with Crippen LogP contribution in [0.15, 0.2) is 0 Å². The van der Waals surface area contributed by atoms with Gasteiger partial charge in [0, 0.05) is 43.7 Å². The third-order valence-corrected chi connectivity index (χ3v) is 7.16. The molecular weight excluding hydrogens is 620 g/mol. The summed E-state index contributed by atoms with van der Waals surface area (Å²) in [5.74, 6) is -0.547. The maximum atomic E-state index is 12.3. The van der Waals surface area contributed by atoms with Crippen LogP contribution >= 0.6 is 45.2 Å². The second-order valence-corrected chi connectivity index (χ2v) is 16.4. The highest BCUT2D eigenvalue weighted by Gasteiger charge is 2.28. The Morgan fingerprint density at radius 1 is 1.24 bits per heavy atom. The summed E-state index contributed by atoms with van der Waals surface area (Å²) in [6.07, 6.45) is -0.451. The molecule has 29 heavy (non-hydrogen) atoms. The van der Waals surface area contributed by atoms with E-state index in [1.165, 1.54) is 7.11 Å². The van der Waals surface area contributed by atoms with Crippen LogP contribution in [0.2, 0.25) is 25.7 Å². The summed E-state index contributed by atoms with van der Waals surface area (Å²) in [7, 11) is 0.112. The summed E-state index contributed by atoms with van der Waals surface area (Å²) in [4.78, 5) is 28.9. The minimum atomic E-state index is -1.18. The Morgan fingerprint density at radius 2 is 1.86 bits per heavy atom. The maximum Gasteiger partial charge on any atom is 0.408 e. The first-order chi connectivity index (χ1) is 13.2. The second kappa shape index (κ2) is 11.3. The third-order valence-electron chi connectivity index (χ3n) is 3.77. The number of nitrogens with one attached hydrogen (secondary N) is 1. The fourth-order valence-electron chi connectivity index (χ4n) is 2.27. The Hall–Kier alpha value is -0.413. The number of imidazole rings is 1. The molecule has 0 aliphatic rings. The molecule has 1 aromatic heterocycles. The van der Waals surface area contributed by atoms with Gasteiger partial charge in [-0.2, -0.15) is 0 Å². The van der Waals surface area contributed by atoms with E-state index in [9.17, 15) is 9.59 Å². The maximum absolute atomic E-state index is 12.3. The predicted molar refractivity (Wildman–Crippen MR) is 131 cm³/mol. The highest BCUT2D eigenvalue weighted by atomic mass is 127. The van der Waals surface area contributed by atoms with E-state index in [-0.39, 0.29) is 6.42 Å². The van der Waals surface area contributed by atoms with Crippen molar-refractivity contribution in [1.29, 1.82) is 0 Å². The molecule has 0 unspecified atom stereocenters. The molecular formula is C18H31I2N3O5Si. The first-order valence-electron chi connectivity index (χ1n) is 9.29. The molecule has 1 rings (SSSR count). The zero-order chi connectivity index (χ0) is 22.4. The zero-order valence-corrected chi connectivity index (χ0v) is 23.4. The molecule has 1 N–H and O–H groups in total. The number of ether oxygens (including phenoxy) is 3. The van der Waals surface area contributed by atoms with Gasteiger partial charge in [-0.15, -0.1) is 0 Å². The number of rotatable bonds is 9. The molecule has 0 radical (unpaired) electrons. The molecule has 0 aliphatic carbocycles. The Morgan fingerprint density at radius 3 is 2.38 bits per heavy atom. The van der Waals surface area contributed by atoms with Crippen molar-refractivity contribution >= 4 is 65.3 Å². The molecule has 1 heterocycles. The predicted octanol–water partition coefficient (Wildman–Crippen LogP) is 4.01. The Bertz CT molecular complexity index is 714. The molecule has 0 saturated heterocycles. The number of nitrogens with zero attached hydrogens (tertiary/aromatic N) is 2. The van der Waals surface area contributed by atoms with Gasteiger partial charge in [0.1, 0.15) is 22.1 Å². The first-order valence-corrected chi connectivity index (χ1v) is 15.2. The molecule has 166 valence electrons. The van der Waals surface area contributed by atoms with Gasteiger partial charge < -0.3 is 19.5 Å². The van der Waals surface area contributed by atoms with E-state index < -0.39 is 31.8 Å². The van der Waals surface area contributed by atoms with Crippen molar-refractivity contribution in [2.75, 3.05) is 13.7 Å². The number of carbonyl (C=O) groups is 2. The number of alkyl carbamates (subject to hydrolysis) is 1. The van der Waals surface area contributed by atoms with Crippen LogP contribution in [-0.4, -0.2) is 55.0 Å². The average Bonchev–Trinajstić information content (AvgIpc) is 2.81. The van der Waals surface area contributed by atoms with Crippen LogP contribution in [-0.2, 0) is 32.2 Å². The van der Waals surface area contributed by atoms with E-state index in [2.05, 4.69) is 75.1 Å². The monoisotopic (exact) mass is 651 g/mol. The standard InChI is InChI=1S/C18H31I2N3O5Si/c1-18(2,3)28-17(25)21-12(15(24)26-4)10-13-14(19)22-16(20)23(13)11-27-8-9-29(5,6)7/h12H,8-11H2,1-7H3,(H,21,25)/t12-/m0/s1. The summed E-state index contributed by atoms with van der Waals surface area (Å²) in [5.41, 5.74) is 0.134. The molecule has 0 bridgehead atoms. The van der Waals surface area contributed by atoms with Crippen molar-refractivity contribution in [3.8, 4) is 0 Å². The topological polar surface area (TPSA) is 91.7 Å². The molecule has 1 aromatic rings. The van der Waals surface area contributed by atoms with Gasteiger partial charge in [-0.25, -0.2) is 14.6 Å². The molecule has 0 aliphatic heterocycles. The number of methoxy groups -OCH3 is 1. The van der Waals surface area contributed by atoms with Gasteiger partial charge in [-0.1, -0.05) is 19.6 Å². The van der Waals surface area contributed by atoms with Crippen molar-refractivity contribution in [2.45, 2.75) is 71.3 Å². The van der Waals surface area contributed by atoms with Gasteiger partial charge in [0.2, 0.25) is 0 Å². The number of amides is 1. The largest absolute Gasteiger partial charge is 0.467 e. The SMILES string of the molecule is COC(=O)[C@H](Cc1c(I)nc(I)n1COCC[Si](C)(C)C)NC(=O)OC(C)(C)C. The van der Waals surface area contributed by atoms with Crippen molar-refractivity contribution in [3.63, 3.8) is 0 Å². The lowest BCUT2D eigenvalue weighted by atomic mass is 10.1. The van der Waals surface area contributed by atoms with Crippen molar-refractivity contribution in [2.24, 2.45) is 0 Å². The highest BCUT2D eigenvalue weighted by Crippen LogP contribution is 2.19. The quantitative estimate of drug-likeness (QED) is 0.188. The van der Waals surface area contributed by atoms with Crippen molar-refractivity contribution in [3.05, 3.63) is 13.2 Å². The van der Waals surface area contributed by atoms with Crippen LogP contribution in [0.25, 0.3) is 0 Å². The Labute approximate surface area is 201 Å². The highest BCUT2D eigenvalue weighted by molar-refractivity contribution is 14.1. The number of esters is 1. The van der Waals surface area contributed by atoms with E-state index in [0.29, 0.717) is 13.3 Å². The second-order valence-electron chi connectivity index (χ2n) is 8.82. The third kappa shape index (κ3) is 9.96. The lowest BCUT2D eigenvalue weighted by Crippen LogP contribution is -2.45. The summed E-state index contributed by atoms with van der Waals surface area (Å²) >= 11 is 4.26. The Kier molecular flexibility index (Phi) is 10.4. The molecule has 1 atom stereocenters. The molecule has 1 amide bonds. The van der Waals surface area contributed by atoms with E-state index >= 15 is 0 Å². The van der Waals surface area contributed by atoms with Crippen LogP contribution in [0.1, 0.15) is 26.5 Å². The number of carbonyl (C=O) groups excluding carboxylic acids is 2. The number of hydrogen-bond acceptors (Lipinski definition) is 6. The summed E-state index contributed by atoms with van der Waals surface area (Å²) in [5, 5.41) is 2.61. The van der Waals surface area contributed by atoms with E-state index in [1.54, 1.807) is 20.8 Å². The fraction of sp³-hybridized carbons (Fsp3) is 0.722. The van der Waals surface area contributed by atoms with Gasteiger partial charge in [0.15, 0.2) is 3.83 Å². The van der Waals surface area contributed by atoms with Gasteiger partial charge in [-0.05, 0) is 49.4 Å². The molecule has 11 heteroatoms. The summed E-state index contributed by atoms with van der Waals surface area (Å²) in [6, 6.07) is 0.173. The lowest BCUT2D eigenvalue weighted by molar-refractivity contribution is -0.143. The van der Waals surface area contributed by atoms with Crippen LogP contribution in [0.5, 0.6) is 0 Å². The number of aromatic nitrogens is 2. The van der Waals surface area contributed by atoms with Crippen molar-refractivity contribution in [1.82, 2.24) is 14.9 Å². The Balaban J connectivity index is 2.93. The fourth-order valence-corrected chi connectivity index (χ4v) is 4.90. The van der Waals surface area contributed by atoms with Crippen LogP contribution in [0.4, 0.5) is 4.79 Å². The van der Waals surface area contributed by atoms with E-state index in [4.69, 9.17) is 14.2 Å². The average molecular weight is 651 g/mol. The van der Waals surface area contributed by atoms with Crippen LogP contribution in [0.3, 0.4) is 0 Å². The first kappa shape index (κ1) is 26.6. The molecule has 0 aromatic carbocycles. The molecule has 0 saturated carbocycles. The summed E-state index contributed by atoms with van der Waals surface area (Å²) < 4.78 is 19.4. The minimum Gasteiger partial charge on any atom is -0.467 e. The normalized spacial score (nSPS) is 13.1. The van der Waals surface area contributed by atoms with Gasteiger partial charge in [-0.3, -0.25) is 4.57 Å².